The van der Waals surface area contributed by atoms with Gasteiger partial charge in [-0.05, 0) is 42.6 Å². The van der Waals surface area contributed by atoms with Crippen LogP contribution in [0.1, 0.15) is 30.5 Å². The van der Waals surface area contributed by atoms with Crippen LogP contribution in [-0.2, 0) is 6.18 Å². The lowest BCUT2D eigenvalue weighted by Gasteiger charge is -2.27. The highest BCUT2D eigenvalue weighted by molar-refractivity contribution is 5.85. The molecule has 0 saturated carbocycles. The van der Waals surface area contributed by atoms with Gasteiger partial charge in [0.05, 0.1) is 11.6 Å². The zero-order valence-electron chi connectivity index (χ0n) is 14.3. The Bertz CT molecular complexity index is 566. The quantitative estimate of drug-likeness (QED) is 0.753. The first kappa shape index (κ1) is 20.5. The highest BCUT2D eigenvalue weighted by Crippen LogP contribution is 2.34. The van der Waals surface area contributed by atoms with Gasteiger partial charge in [0.2, 0.25) is 0 Å². The maximum Gasteiger partial charge on any atom is 0.416 e. The lowest BCUT2D eigenvalue weighted by Crippen LogP contribution is -2.35. The molecule has 0 aromatic heterocycles. The summed E-state index contributed by atoms with van der Waals surface area (Å²) in [5, 5.41) is 0. The molecule has 4 N–H and O–H groups in total. The molecule has 0 aliphatic carbocycles. The van der Waals surface area contributed by atoms with Crippen LogP contribution in [0.2, 0.25) is 0 Å². The van der Waals surface area contributed by atoms with E-state index in [1.54, 1.807) is 12.1 Å². The molecule has 0 bridgehead atoms. The number of hydrogen-bond donors (Lipinski definition) is 3. The smallest absolute Gasteiger partial charge is 0.330 e. The van der Waals surface area contributed by atoms with Gasteiger partial charge in [0.1, 0.15) is 0 Å². The summed E-state index contributed by atoms with van der Waals surface area (Å²) in [5.74, 6) is 0.321. The third kappa shape index (κ3) is 4.65. The first-order valence-corrected chi connectivity index (χ1v) is 8.39. The molecule has 3 unspecified atom stereocenters. The Morgan fingerprint density at radius 1 is 1.28 bits per heavy atom. The maximum absolute atomic E-state index is 12.7. The largest absolute Gasteiger partial charge is 0.416 e. The predicted molar refractivity (Wildman–Crippen MR) is 94.3 cm³/mol. The number of nitrogens with two attached hydrogens (primary N) is 1. The van der Waals surface area contributed by atoms with E-state index in [1.807, 2.05) is 0 Å². The van der Waals surface area contributed by atoms with Gasteiger partial charge < -0.3 is 10.6 Å². The molecule has 0 radical (unpaired) electrons. The molecule has 142 valence electrons. The molecule has 8 heteroatoms. The zero-order chi connectivity index (χ0) is 17.4. The molecule has 2 aliphatic rings. The van der Waals surface area contributed by atoms with Crippen molar-refractivity contribution >= 4 is 12.4 Å². The summed E-state index contributed by atoms with van der Waals surface area (Å²) >= 11 is 0. The second-order valence-corrected chi connectivity index (χ2v) is 7.38. The van der Waals surface area contributed by atoms with E-state index in [-0.39, 0.29) is 23.9 Å². The van der Waals surface area contributed by atoms with Crippen LogP contribution in [-0.4, -0.2) is 37.6 Å². The molecule has 2 aliphatic heterocycles. The van der Waals surface area contributed by atoms with Gasteiger partial charge >= 0.3 is 6.18 Å². The first-order chi connectivity index (χ1) is 11.3. The van der Waals surface area contributed by atoms with Crippen molar-refractivity contribution in [1.29, 1.82) is 0 Å². The van der Waals surface area contributed by atoms with Crippen molar-refractivity contribution in [2.45, 2.75) is 25.6 Å². The second-order valence-electron chi connectivity index (χ2n) is 7.38. The number of nitrogens with one attached hydrogen (secondary N) is 2. The minimum absolute atomic E-state index is 0. The zero-order valence-corrected chi connectivity index (χ0v) is 15.1. The molecule has 2 heterocycles. The van der Waals surface area contributed by atoms with Crippen LogP contribution in [0.4, 0.5) is 13.2 Å². The maximum atomic E-state index is 12.7. The molecule has 1 aromatic carbocycles. The van der Waals surface area contributed by atoms with Gasteiger partial charge in [-0.15, -0.1) is 12.4 Å². The number of hydrogen-bond acceptors (Lipinski definition) is 4. The van der Waals surface area contributed by atoms with Crippen molar-refractivity contribution in [2.75, 3.05) is 32.7 Å². The Morgan fingerprint density at radius 3 is 2.52 bits per heavy atom. The fourth-order valence-electron chi connectivity index (χ4n) is 3.72. The Kier molecular flexibility index (Phi) is 6.38. The van der Waals surface area contributed by atoms with E-state index in [0.29, 0.717) is 12.5 Å². The lowest BCUT2D eigenvalue weighted by atomic mass is 9.90. The molecule has 1 aromatic rings. The normalized spacial score (nSPS) is 30.4. The van der Waals surface area contributed by atoms with Crippen LogP contribution in [0.3, 0.4) is 0 Å². The van der Waals surface area contributed by atoms with Crippen molar-refractivity contribution < 1.29 is 13.2 Å². The van der Waals surface area contributed by atoms with Gasteiger partial charge in [0.25, 0.3) is 0 Å². The summed E-state index contributed by atoms with van der Waals surface area (Å²) in [6.45, 7) is 6.64. The van der Waals surface area contributed by atoms with Gasteiger partial charge in [-0.25, -0.2) is 5.43 Å². The second kappa shape index (κ2) is 7.80. The van der Waals surface area contributed by atoms with E-state index in [9.17, 15) is 13.2 Å². The van der Waals surface area contributed by atoms with Crippen LogP contribution >= 0.6 is 12.4 Å². The van der Waals surface area contributed by atoms with Gasteiger partial charge in [-0.1, -0.05) is 19.1 Å². The number of rotatable bonds is 4. The third-order valence-electron chi connectivity index (χ3n) is 5.31. The van der Waals surface area contributed by atoms with E-state index in [0.717, 1.165) is 50.3 Å². The predicted octanol–water partition coefficient (Wildman–Crippen LogP) is 2.56. The van der Waals surface area contributed by atoms with Crippen LogP contribution in [0.5, 0.6) is 0 Å². The van der Waals surface area contributed by atoms with E-state index >= 15 is 0 Å². The van der Waals surface area contributed by atoms with Crippen LogP contribution in [0.25, 0.3) is 0 Å². The molecule has 2 saturated heterocycles. The fraction of sp³-hybridized carbons (Fsp3) is 0.647. The van der Waals surface area contributed by atoms with Crippen molar-refractivity contribution in [2.24, 2.45) is 17.1 Å². The van der Waals surface area contributed by atoms with E-state index in [4.69, 9.17) is 5.73 Å². The van der Waals surface area contributed by atoms with Crippen molar-refractivity contribution in [3.63, 3.8) is 0 Å². The average molecular weight is 379 g/mol. The first-order valence-electron chi connectivity index (χ1n) is 8.39. The molecule has 3 rings (SSSR count). The number of likely N-dealkylation sites (tertiary alicyclic amines) is 1. The molecule has 0 amide bonds. The van der Waals surface area contributed by atoms with Crippen molar-refractivity contribution in [1.82, 2.24) is 15.8 Å². The van der Waals surface area contributed by atoms with Crippen LogP contribution < -0.4 is 16.6 Å². The molecule has 4 nitrogen and oxygen atoms in total. The van der Waals surface area contributed by atoms with E-state index in [1.165, 1.54) is 0 Å². The number of hydrazine groups is 1. The summed E-state index contributed by atoms with van der Waals surface area (Å²) in [4.78, 5) is 2.42. The standard InChI is InChI=1S/C17H25F3N4.ClH/c1-16(10-21)6-7-24(11-16)9-13-8-22-23-15(13)12-2-4-14(5-3-12)17(18,19)20;/h2-5,13,15,22-23H,6-11,21H2,1H3;1H. The molecule has 25 heavy (non-hydrogen) atoms. The number of nitrogens with zero attached hydrogens (tertiary/aromatic N) is 1. The van der Waals surface area contributed by atoms with Gasteiger partial charge in [-0.3, -0.25) is 5.43 Å². The van der Waals surface area contributed by atoms with Crippen molar-refractivity contribution in [3.05, 3.63) is 35.4 Å². The summed E-state index contributed by atoms with van der Waals surface area (Å²) in [7, 11) is 0. The number of halogens is 4. The molecule has 3 atom stereocenters. The van der Waals surface area contributed by atoms with Crippen LogP contribution in [0, 0.1) is 11.3 Å². The summed E-state index contributed by atoms with van der Waals surface area (Å²) in [5.41, 5.74) is 12.7. The Morgan fingerprint density at radius 2 is 1.96 bits per heavy atom. The van der Waals surface area contributed by atoms with Gasteiger partial charge in [0, 0.05) is 25.6 Å². The topological polar surface area (TPSA) is 53.3 Å². The Hall–Kier alpha value is -0.860. The van der Waals surface area contributed by atoms with Crippen LogP contribution in [0.15, 0.2) is 24.3 Å². The van der Waals surface area contributed by atoms with E-state index in [2.05, 4.69) is 22.7 Å². The van der Waals surface area contributed by atoms with Crippen molar-refractivity contribution in [3.8, 4) is 0 Å². The summed E-state index contributed by atoms with van der Waals surface area (Å²) in [6, 6.07) is 5.50. The van der Waals surface area contributed by atoms with Gasteiger partial charge in [-0.2, -0.15) is 13.2 Å². The number of benzene rings is 1. The highest BCUT2D eigenvalue weighted by Gasteiger charge is 2.37. The molecular formula is C17H26ClF3N4. The highest BCUT2D eigenvalue weighted by atomic mass is 35.5. The number of alkyl halides is 3. The third-order valence-corrected chi connectivity index (χ3v) is 5.31. The minimum Gasteiger partial charge on any atom is -0.330 e. The summed E-state index contributed by atoms with van der Waals surface area (Å²) < 4.78 is 38.1. The molecular weight excluding hydrogens is 353 g/mol. The fourth-order valence-corrected chi connectivity index (χ4v) is 3.72. The Labute approximate surface area is 152 Å². The minimum atomic E-state index is -4.29. The van der Waals surface area contributed by atoms with E-state index < -0.39 is 11.7 Å². The Balaban J connectivity index is 0.00000225. The summed E-state index contributed by atoms with van der Waals surface area (Å²) in [6.07, 6.45) is -3.19. The molecule has 0 spiro atoms. The average Bonchev–Trinajstić information content (AvgIpc) is 3.15. The van der Waals surface area contributed by atoms with Gasteiger partial charge in [0.15, 0.2) is 0 Å². The lowest BCUT2D eigenvalue weighted by molar-refractivity contribution is -0.137. The monoisotopic (exact) mass is 378 g/mol. The SMILES string of the molecule is CC1(CN)CCN(CC2CNNC2c2ccc(C(F)(F)F)cc2)C1.Cl. The molecule has 2 fully saturated rings.